The van der Waals surface area contributed by atoms with Gasteiger partial charge in [0.05, 0.1) is 5.56 Å². The normalized spacial score (nSPS) is 25.8. The number of hydrogen-bond donors (Lipinski definition) is 2. The van der Waals surface area contributed by atoms with Gasteiger partial charge in [-0.25, -0.2) is 9.18 Å². The molecule has 2 N–H and O–H groups in total. The lowest BCUT2D eigenvalue weighted by atomic mass is 10.1. The number of aliphatic hydroxyl groups is 1. The van der Waals surface area contributed by atoms with Gasteiger partial charge in [0.2, 0.25) is 0 Å². The predicted molar refractivity (Wildman–Crippen MR) is 96.2 cm³/mol. The van der Waals surface area contributed by atoms with Gasteiger partial charge in [-0.1, -0.05) is 22.6 Å². The van der Waals surface area contributed by atoms with Crippen molar-refractivity contribution in [2.75, 3.05) is 11.0 Å². The molecule has 2 heterocycles. The molecular weight excluding hydrogens is 482 g/mol. The highest BCUT2D eigenvalue weighted by Crippen LogP contribution is 2.31. The molecule has 0 bridgehead atoms. The molecule has 0 aliphatic carbocycles. The topological polar surface area (TPSA) is 137 Å². The Hall–Kier alpha value is -1.80. The molecule has 1 fully saturated rings. The number of carbonyl (C=O) groups is 2. The molecule has 1 aromatic heterocycles. The Labute approximate surface area is 165 Å². The number of halogens is 2. The lowest BCUT2D eigenvalue weighted by Crippen LogP contribution is -2.40. The van der Waals surface area contributed by atoms with Crippen molar-refractivity contribution >= 4 is 34.5 Å². The highest BCUT2D eigenvalue weighted by Gasteiger charge is 2.48. The summed E-state index contributed by atoms with van der Waals surface area (Å²) in [5.41, 5.74) is -2.14. The summed E-state index contributed by atoms with van der Waals surface area (Å²) in [5, 5.41) is 10.5. The number of hydrogen-bond acceptors (Lipinski definition) is 8. The zero-order valence-electron chi connectivity index (χ0n) is 14.4. The highest BCUT2D eigenvalue weighted by atomic mass is 127. The number of aromatic nitrogens is 2. The zero-order valence-corrected chi connectivity index (χ0v) is 16.5. The number of esters is 2. The Balaban J connectivity index is 2.39. The average Bonchev–Trinajstić information content (AvgIpc) is 2.88. The van der Waals surface area contributed by atoms with E-state index in [-0.39, 0.29) is 16.6 Å². The molecule has 1 unspecified atom stereocenters. The number of aliphatic hydroxyl groups excluding tert-OH is 1. The quantitative estimate of drug-likeness (QED) is 0.310. The summed E-state index contributed by atoms with van der Waals surface area (Å²) in [7, 11) is 0. The third-order valence-electron chi connectivity index (χ3n) is 3.80. The standard InChI is InChI=1S/C15H18FIN2O8/c1-6(20)25-5-10-12(26-7(2)21)11(22)14(27-10)19-4-8(9(16)3-17)13(23)18-15(19)24/h4,9-12,14,22H,3,5H2,1-2H3,(H,18,23,24)/t9?,10-,11-,12-,14-/m1/s1. The van der Waals surface area contributed by atoms with Crippen LogP contribution in [0.5, 0.6) is 0 Å². The number of ether oxygens (including phenoxy) is 3. The molecular formula is C15H18FIN2O8. The van der Waals surface area contributed by atoms with Crippen molar-refractivity contribution in [2.45, 2.75) is 44.6 Å². The van der Waals surface area contributed by atoms with Crippen molar-refractivity contribution in [1.29, 1.82) is 0 Å². The fourth-order valence-electron chi connectivity index (χ4n) is 2.62. The lowest BCUT2D eigenvalue weighted by molar-refractivity contribution is -0.157. The molecule has 0 aromatic carbocycles. The molecule has 5 atom stereocenters. The van der Waals surface area contributed by atoms with E-state index < -0.39 is 53.9 Å². The second-order valence-corrected chi connectivity index (χ2v) is 6.69. The number of carbonyl (C=O) groups excluding carboxylic acids is 2. The van der Waals surface area contributed by atoms with E-state index in [1.807, 2.05) is 4.98 Å². The number of rotatable bonds is 6. The summed E-state index contributed by atoms with van der Waals surface area (Å²) in [6.07, 6.45) is -5.90. The molecule has 150 valence electrons. The third kappa shape index (κ3) is 4.93. The van der Waals surface area contributed by atoms with E-state index in [9.17, 15) is 28.7 Å². The van der Waals surface area contributed by atoms with Crippen molar-refractivity contribution in [3.05, 3.63) is 32.6 Å². The maximum absolute atomic E-state index is 14.0. The molecule has 10 nitrogen and oxygen atoms in total. The van der Waals surface area contributed by atoms with Crippen LogP contribution < -0.4 is 11.2 Å². The van der Waals surface area contributed by atoms with Crippen LogP contribution in [0.25, 0.3) is 0 Å². The summed E-state index contributed by atoms with van der Waals surface area (Å²) >= 11 is 1.74. The second-order valence-electron chi connectivity index (χ2n) is 5.81. The van der Waals surface area contributed by atoms with Gasteiger partial charge in [-0.05, 0) is 0 Å². The van der Waals surface area contributed by atoms with E-state index in [2.05, 4.69) is 0 Å². The second kappa shape index (κ2) is 8.93. The maximum atomic E-state index is 14.0. The van der Waals surface area contributed by atoms with Crippen LogP contribution in [0, 0.1) is 0 Å². The summed E-state index contributed by atoms with van der Waals surface area (Å²) < 4.78 is 30.1. The molecule has 0 saturated carbocycles. The van der Waals surface area contributed by atoms with Crippen LogP contribution in [-0.4, -0.2) is 55.9 Å². The van der Waals surface area contributed by atoms with Gasteiger partial charge in [-0.2, -0.15) is 0 Å². The maximum Gasteiger partial charge on any atom is 0.330 e. The molecule has 1 aromatic rings. The highest BCUT2D eigenvalue weighted by molar-refractivity contribution is 14.1. The monoisotopic (exact) mass is 500 g/mol. The minimum atomic E-state index is -1.64. The largest absolute Gasteiger partial charge is 0.463 e. The fourth-order valence-corrected chi connectivity index (χ4v) is 3.09. The van der Waals surface area contributed by atoms with Crippen LogP contribution in [0.1, 0.15) is 31.8 Å². The molecule has 1 aliphatic heterocycles. The van der Waals surface area contributed by atoms with Crippen LogP contribution >= 0.6 is 22.6 Å². The number of aromatic amines is 1. The van der Waals surface area contributed by atoms with Crippen LogP contribution in [0.4, 0.5) is 4.39 Å². The number of alkyl halides is 2. The smallest absolute Gasteiger partial charge is 0.330 e. The first-order chi connectivity index (χ1) is 12.6. The van der Waals surface area contributed by atoms with Gasteiger partial charge in [0, 0.05) is 24.5 Å². The third-order valence-corrected chi connectivity index (χ3v) is 4.58. The van der Waals surface area contributed by atoms with E-state index in [1.165, 1.54) is 0 Å². The van der Waals surface area contributed by atoms with Gasteiger partial charge in [0.25, 0.3) is 5.56 Å². The van der Waals surface area contributed by atoms with Crippen LogP contribution in [-0.2, 0) is 23.8 Å². The SMILES string of the molecule is CC(=O)OC[C@H]1O[C@@H](n2cc(C(F)CI)c(=O)[nH]c2=O)[C@H](O)[C@@H]1OC(C)=O. The number of H-pyrrole nitrogens is 1. The van der Waals surface area contributed by atoms with Gasteiger partial charge in [-0.15, -0.1) is 0 Å². The van der Waals surface area contributed by atoms with Crippen molar-refractivity contribution < 1.29 is 33.3 Å². The van der Waals surface area contributed by atoms with E-state index in [0.717, 1.165) is 24.6 Å². The zero-order chi connectivity index (χ0) is 20.3. The molecule has 2 rings (SSSR count). The molecule has 0 spiro atoms. The van der Waals surface area contributed by atoms with Gasteiger partial charge in [-0.3, -0.25) is 23.9 Å². The molecule has 1 aliphatic rings. The van der Waals surface area contributed by atoms with Gasteiger partial charge < -0.3 is 19.3 Å². The van der Waals surface area contributed by atoms with Crippen molar-refractivity contribution in [3.63, 3.8) is 0 Å². The van der Waals surface area contributed by atoms with Crippen LogP contribution in [0.3, 0.4) is 0 Å². The first kappa shape index (κ1) is 21.5. The van der Waals surface area contributed by atoms with Crippen LogP contribution in [0.15, 0.2) is 15.8 Å². The first-order valence-electron chi connectivity index (χ1n) is 7.85. The Morgan fingerprint density at radius 3 is 2.63 bits per heavy atom. The molecule has 27 heavy (non-hydrogen) atoms. The fraction of sp³-hybridized carbons (Fsp3) is 0.600. The minimum absolute atomic E-state index is 0.0295. The average molecular weight is 500 g/mol. The lowest BCUT2D eigenvalue weighted by Gasteiger charge is -2.20. The Bertz CT molecular complexity index is 825. The van der Waals surface area contributed by atoms with Crippen molar-refractivity contribution in [3.8, 4) is 0 Å². The van der Waals surface area contributed by atoms with E-state index >= 15 is 0 Å². The van der Waals surface area contributed by atoms with Crippen molar-refractivity contribution in [1.82, 2.24) is 9.55 Å². The minimum Gasteiger partial charge on any atom is -0.463 e. The summed E-state index contributed by atoms with van der Waals surface area (Å²) in [6.45, 7) is 1.93. The molecule has 0 radical (unpaired) electrons. The summed E-state index contributed by atoms with van der Waals surface area (Å²) in [5.74, 6) is -1.34. The van der Waals surface area contributed by atoms with Gasteiger partial charge >= 0.3 is 17.6 Å². The van der Waals surface area contributed by atoms with Crippen molar-refractivity contribution in [2.24, 2.45) is 0 Å². The van der Waals surface area contributed by atoms with E-state index in [4.69, 9.17) is 14.2 Å². The summed E-state index contributed by atoms with van der Waals surface area (Å²) in [4.78, 5) is 48.2. The van der Waals surface area contributed by atoms with E-state index in [1.54, 1.807) is 22.6 Å². The first-order valence-corrected chi connectivity index (χ1v) is 9.37. The van der Waals surface area contributed by atoms with Crippen LogP contribution in [0.2, 0.25) is 0 Å². The Morgan fingerprint density at radius 2 is 2.07 bits per heavy atom. The molecule has 1 saturated heterocycles. The number of nitrogens with one attached hydrogen (secondary N) is 1. The predicted octanol–water partition coefficient (Wildman–Crippen LogP) is -0.265. The van der Waals surface area contributed by atoms with Gasteiger partial charge in [0.15, 0.2) is 12.3 Å². The molecule has 12 heteroatoms. The number of nitrogens with zero attached hydrogens (tertiary/aromatic N) is 1. The summed E-state index contributed by atoms with van der Waals surface area (Å²) in [6, 6.07) is 0. The molecule has 0 amide bonds. The Morgan fingerprint density at radius 1 is 1.41 bits per heavy atom. The van der Waals surface area contributed by atoms with Gasteiger partial charge in [0.1, 0.15) is 25.0 Å². The van der Waals surface area contributed by atoms with E-state index in [0.29, 0.717) is 0 Å². The Kier molecular flexibility index (Phi) is 7.11.